The lowest BCUT2D eigenvalue weighted by atomic mass is 10.0. The number of urea groups is 1. The Bertz CT molecular complexity index is 557. The van der Waals surface area contributed by atoms with Crippen LogP contribution < -0.4 is 21.3 Å². The van der Waals surface area contributed by atoms with Gasteiger partial charge in [-0.1, -0.05) is 6.07 Å². The Balaban J connectivity index is 1.38. The molecule has 2 atom stereocenters. The minimum Gasteiger partial charge on any atom is -0.335 e. The number of carbonyl (C=O) groups is 2. The molecule has 0 aromatic carbocycles. The highest BCUT2D eigenvalue weighted by Crippen LogP contribution is 2.14. The van der Waals surface area contributed by atoms with Crippen LogP contribution in [0, 0.1) is 0 Å². The summed E-state index contributed by atoms with van der Waals surface area (Å²) < 4.78 is 0. The standard InChI is InChI=1S/C16H25N5O2S/c1-11-9-14(22)20-15(18-11)21-6-4-12(5-7-21)19-16(23)17-10-13-3-2-8-24-13/h2-3,8,11-12,15,18H,4-7,9-10H2,1H3,(H,20,22)(H2,17,19,23). The largest absolute Gasteiger partial charge is 0.335 e. The molecule has 8 heteroatoms. The Hall–Kier alpha value is -1.64. The second-order valence-electron chi connectivity index (χ2n) is 6.46. The molecule has 0 spiro atoms. The number of hydrogen-bond acceptors (Lipinski definition) is 5. The van der Waals surface area contributed by atoms with Gasteiger partial charge in [-0.15, -0.1) is 11.3 Å². The Morgan fingerprint density at radius 1 is 1.42 bits per heavy atom. The van der Waals surface area contributed by atoms with Crippen molar-refractivity contribution in [3.05, 3.63) is 22.4 Å². The molecule has 3 rings (SSSR count). The number of nitrogens with zero attached hydrogens (tertiary/aromatic N) is 1. The van der Waals surface area contributed by atoms with Crippen molar-refractivity contribution in [2.24, 2.45) is 0 Å². The van der Waals surface area contributed by atoms with E-state index in [0.717, 1.165) is 30.8 Å². The van der Waals surface area contributed by atoms with E-state index < -0.39 is 0 Å². The van der Waals surface area contributed by atoms with Gasteiger partial charge in [0.2, 0.25) is 5.91 Å². The van der Waals surface area contributed by atoms with E-state index >= 15 is 0 Å². The van der Waals surface area contributed by atoms with Crippen LogP contribution in [0.2, 0.25) is 0 Å². The molecule has 2 unspecified atom stereocenters. The number of piperidine rings is 1. The molecule has 0 bridgehead atoms. The van der Waals surface area contributed by atoms with Gasteiger partial charge in [0.15, 0.2) is 0 Å². The van der Waals surface area contributed by atoms with E-state index in [1.54, 1.807) is 11.3 Å². The van der Waals surface area contributed by atoms with Gasteiger partial charge in [0.25, 0.3) is 0 Å². The van der Waals surface area contributed by atoms with E-state index in [1.807, 2.05) is 24.4 Å². The average Bonchev–Trinajstić information content (AvgIpc) is 3.06. The highest BCUT2D eigenvalue weighted by Gasteiger charge is 2.30. The zero-order chi connectivity index (χ0) is 16.9. The predicted molar refractivity (Wildman–Crippen MR) is 93.4 cm³/mol. The molecule has 1 aromatic rings. The molecule has 2 saturated heterocycles. The quantitative estimate of drug-likeness (QED) is 0.646. The fourth-order valence-corrected chi connectivity index (χ4v) is 3.82. The summed E-state index contributed by atoms with van der Waals surface area (Å²) in [5.74, 6) is 0.0967. The highest BCUT2D eigenvalue weighted by atomic mass is 32.1. The lowest BCUT2D eigenvalue weighted by Crippen LogP contribution is -2.65. The van der Waals surface area contributed by atoms with Crippen LogP contribution in [-0.4, -0.2) is 48.3 Å². The molecule has 4 N–H and O–H groups in total. The molecule has 24 heavy (non-hydrogen) atoms. The molecule has 7 nitrogen and oxygen atoms in total. The molecule has 2 aliphatic heterocycles. The lowest BCUT2D eigenvalue weighted by molar-refractivity contribution is -0.127. The molecule has 0 saturated carbocycles. The summed E-state index contributed by atoms with van der Waals surface area (Å²) in [4.78, 5) is 27.0. The molecule has 2 aliphatic rings. The number of likely N-dealkylation sites (tertiary alicyclic amines) is 1. The minimum absolute atomic E-state index is 0.0881. The van der Waals surface area contributed by atoms with Crippen molar-refractivity contribution in [1.82, 2.24) is 26.2 Å². The maximum absolute atomic E-state index is 12.0. The third-order valence-corrected chi connectivity index (χ3v) is 5.34. The summed E-state index contributed by atoms with van der Waals surface area (Å²) >= 11 is 1.64. The minimum atomic E-state index is -0.112. The Labute approximate surface area is 146 Å². The molecular formula is C16H25N5O2S. The maximum atomic E-state index is 12.0. The second-order valence-corrected chi connectivity index (χ2v) is 7.49. The number of thiophene rings is 1. The highest BCUT2D eigenvalue weighted by molar-refractivity contribution is 7.09. The summed E-state index contributed by atoms with van der Waals surface area (Å²) in [6.07, 6.45) is 2.21. The summed E-state index contributed by atoms with van der Waals surface area (Å²) in [6.45, 7) is 4.29. The molecule has 132 valence electrons. The van der Waals surface area contributed by atoms with Crippen LogP contribution in [0.4, 0.5) is 4.79 Å². The first-order chi connectivity index (χ1) is 11.6. The summed E-state index contributed by atoms with van der Waals surface area (Å²) in [5.41, 5.74) is 0. The number of hydrogen-bond donors (Lipinski definition) is 4. The fraction of sp³-hybridized carbons (Fsp3) is 0.625. The number of carbonyl (C=O) groups excluding carboxylic acids is 2. The van der Waals surface area contributed by atoms with Crippen LogP contribution in [0.25, 0.3) is 0 Å². The first kappa shape index (κ1) is 17.2. The predicted octanol–water partition coefficient (Wildman–Crippen LogP) is 0.793. The van der Waals surface area contributed by atoms with Gasteiger partial charge in [0, 0.05) is 36.5 Å². The van der Waals surface area contributed by atoms with E-state index in [2.05, 4.69) is 26.2 Å². The van der Waals surface area contributed by atoms with Crippen molar-refractivity contribution in [1.29, 1.82) is 0 Å². The first-order valence-electron chi connectivity index (χ1n) is 8.46. The van der Waals surface area contributed by atoms with Gasteiger partial charge in [-0.2, -0.15) is 0 Å². The third-order valence-electron chi connectivity index (χ3n) is 4.46. The van der Waals surface area contributed by atoms with Gasteiger partial charge in [-0.05, 0) is 31.2 Å². The van der Waals surface area contributed by atoms with Crippen molar-refractivity contribution in [3.63, 3.8) is 0 Å². The molecule has 1 aromatic heterocycles. The van der Waals surface area contributed by atoms with E-state index in [4.69, 9.17) is 0 Å². The van der Waals surface area contributed by atoms with Gasteiger partial charge in [-0.25, -0.2) is 4.79 Å². The molecule has 2 fully saturated rings. The first-order valence-corrected chi connectivity index (χ1v) is 9.34. The van der Waals surface area contributed by atoms with Crippen molar-refractivity contribution in [2.45, 2.75) is 51.1 Å². The van der Waals surface area contributed by atoms with Gasteiger partial charge in [-0.3, -0.25) is 15.0 Å². The second kappa shape index (κ2) is 7.96. The smallest absolute Gasteiger partial charge is 0.315 e. The topological polar surface area (TPSA) is 85.5 Å². The van der Waals surface area contributed by atoms with Crippen LogP contribution >= 0.6 is 11.3 Å². The fourth-order valence-electron chi connectivity index (χ4n) is 3.18. The molecule has 0 aliphatic carbocycles. The lowest BCUT2D eigenvalue weighted by Gasteiger charge is -2.41. The Morgan fingerprint density at radius 3 is 2.88 bits per heavy atom. The zero-order valence-corrected chi connectivity index (χ0v) is 14.7. The monoisotopic (exact) mass is 351 g/mol. The van der Waals surface area contributed by atoms with Crippen LogP contribution in [0.15, 0.2) is 17.5 Å². The Morgan fingerprint density at radius 2 is 2.21 bits per heavy atom. The maximum Gasteiger partial charge on any atom is 0.315 e. The van der Waals surface area contributed by atoms with Crippen LogP contribution in [0.1, 0.15) is 31.1 Å². The van der Waals surface area contributed by atoms with Crippen molar-refractivity contribution in [2.75, 3.05) is 13.1 Å². The normalized spacial score (nSPS) is 26.0. The Kier molecular flexibility index (Phi) is 5.70. The number of rotatable bonds is 4. The van der Waals surface area contributed by atoms with Gasteiger partial charge < -0.3 is 16.0 Å². The number of amides is 3. The number of nitrogens with one attached hydrogen (secondary N) is 4. The van der Waals surface area contributed by atoms with Crippen molar-refractivity contribution < 1.29 is 9.59 Å². The van der Waals surface area contributed by atoms with Crippen LogP contribution in [0.3, 0.4) is 0 Å². The van der Waals surface area contributed by atoms with Gasteiger partial charge >= 0.3 is 6.03 Å². The van der Waals surface area contributed by atoms with E-state index in [0.29, 0.717) is 13.0 Å². The molecule has 3 heterocycles. The van der Waals surface area contributed by atoms with Crippen molar-refractivity contribution >= 4 is 23.3 Å². The van der Waals surface area contributed by atoms with Crippen LogP contribution in [0.5, 0.6) is 0 Å². The molecule has 3 amide bonds. The van der Waals surface area contributed by atoms with Gasteiger partial charge in [0.1, 0.15) is 6.29 Å². The molecule has 0 radical (unpaired) electrons. The third kappa shape index (κ3) is 4.68. The van der Waals surface area contributed by atoms with Crippen LogP contribution in [-0.2, 0) is 11.3 Å². The van der Waals surface area contributed by atoms with E-state index in [9.17, 15) is 9.59 Å². The average molecular weight is 351 g/mol. The zero-order valence-electron chi connectivity index (χ0n) is 13.9. The van der Waals surface area contributed by atoms with Crippen molar-refractivity contribution in [3.8, 4) is 0 Å². The molecular weight excluding hydrogens is 326 g/mol. The SMILES string of the molecule is CC1CC(=O)NC(N2CCC(NC(=O)NCc3cccs3)CC2)N1. The van der Waals surface area contributed by atoms with E-state index in [-0.39, 0.29) is 30.3 Å². The summed E-state index contributed by atoms with van der Waals surface area (Å²) in [7, 11) is 0. The summed E-state index contributed by atoms with van der Waals surface area (Å²) in [5, 5.41) is 14.3. The van der Waals surface area contributed by atoms with E-state index in [1.165, 1.54) is 0 Å². The summed E-state index contributed by atoms with van der Waals surface area (Å²) in [6, 6.07) is 4.26. The van der Waals surface area contributed by atoms with Gasteiger partial charge in [0.05, 0.1) is 6.54 Å².